The number of nitrogens with two attached hydrogens (primary N) is 1. The van der Waals surface area contributed by atoms with E-state index in [1.165, 1.54) is 0 Å². The fourth-order valence-electron chi connectivity index (χ4n) is 0.897. The Hall–Kier alpha value is -1.75. The summed E-state index contributed by atoms with van der Waals surface area (Å²) >= 11 is 0. The summed E-state index contributed by atoms with van der Waals surface area (Å²) < 4.78 is 0. The molecule has 1 aromatic rings. The van der Waals surface area contributed by atoms with Gasteiger partial charge >= 0.3 is 6.03 Å². The first-order valence-corrected chi connectivity index (χ1v) is 4.37. The minimum absolute atomic E-state index is 0.295. The van der Waals surface area contributed by atoms with Crippen molar-refractivity contribution in [3.05, 3.63) is 24.3 Å². The number of anilines is 2. The fourth-order valence-corrected chi connectivity index (χ4v) is 0.897. The van der Waals surface area contributed by atoms with Crippen molar-refractivity contribution in [2.45, 2.75) is 6.92 Å². The molecule has 0 spiro atoms. The molecule has 0 fully saturated rings. The van der Waals surface area contributed by atoms with E-state index in [2.05, 4.69) is 16.2 Å². The lowest BCUT2D eigenvalue weighted by Gasteiger charge is -2.07. The van der Waals surface area contributed by atoms with Crippen molar-refractivity contribution in [3.63, 3.8) is 0 Å². The van der Waals surface area contributed by atoms with E-state index >= 15 is 0 Å². The molecule has 0 saturated carbocycles. The minimum Gasteiger partial charge on any atom is -0.399 e. The molecule has 1 rings (SSSR count). The molecule has 0 radical (unpaired) electrons. The SMILES string of the molecule is CCNNC(=O)Nc1ccc(N)cc1. The normalized spacial score (nSPS) is 9.50. The maximum absolute atomic E-state index is 11.1. The molecule has 0 heterocycles. The van der Waals surface area contributed by atoms with Gasteiger partial charge in [0, 0.05) is 17.9 Å². The first kappa shape index (κ1) is 10.3. The van der Waals surface area contributed by atoms with Crippen LogP contribution in [0.15, 0.2) is 24.3 Å². The number of carbonyl (C=O) groups is 1. The van der Waals surface area contributed by atoms with E-state index in [4.69, 9.17) is 5.73 Å². The number of hydrogen-bond donors (Lipinski definition) is 4. The standard InChI is InChI=1S/C9H14N4O/c1-2-11-13-9(14)12-8-5-3-7(10)4-6-8/h3-6,11H,2,10H2,1H3,(H2,12,13,14). The monoisotopic (exact) mass is 194 g/mol. The second-order valence-corrected chi connectivity index (χ2v) is 2.73. The topological polar surface area (TPSA) is 79.2 Å². The fraction of sp³-hybridized carbons (Fsp3) is 0.222. The van der Waals surface area contributed by atoms with Crippen molar-refractivity contribution in [1.82, 2.24) is 10.9 Å². The number of hydrazine groups is 1. The molecule has 2 amide bonds. The Labute approximate surface area is 82.6 Å². The Morgan fingerprint density at radius 2 is 2.00 bits per heavy atom. The molecule has 14 heavy (non-hydrogen) atoms. The zero-order valence-electron chi connectivity index (χ0n) is 8.00. The van der Waals surface area contributed by atoms with Crippen LogP contribution in [0.5, 0.6) is 0 Å². The minimum atomic E-state index is -0.295. The number of hydrogen-bond acceptors (Lipinski definition) is 3. The summed E-state index contributed by atoms with van der Waals surface area (Å²) in [6, 6.07) is 6.63. The van der Waals surface area contributed by atoms with Crippen LogP contribution in [0.25, 0.3) is 0 Å². The zero-order valence-corrected chi connectivity index (χ0v) is 8.00. The lowest BCUT2D eigenvalue weighted by Crippen LogP contribution is -2.40. The van der Waals surface area contributed by atoms with Crippen molar-refractivity contribution in [2.75, 3.05) is 17.6 Å². The quantitative estimate of drug-likeness (QED) is 0.426. The van der Waals surface area contributed by atoms with Crippen LogP contribution in [0, 0.1) is 0 Å². The van der Waals surface area contributed by atoms with Gasteiger partial charge in [0.1, 0.15) is 0 Å². The van der Waals surface area contributed by atoms with E-state index in [0.717, 1.165) is 0 Å². The summed E-state index contributed by atoms with van der Waals surface area (Å²) in [5, 5.41) is 2.64. The van der Waals surface area contributed by atoms with Crippen LogP contribution in [0.3, 0.4) is 0 Å². The van der Waals surface area contributed by atoms with Crippen molar-refractivity contribution in [2.24, 2.45) is 0 Å². The molecule has 0 saturated heterocycles. The molecular weight excluding hydrogens is 180 g/mol. The summed E-state index contributed by atoms with van der Waals surface area (Å²) in [5.74, 6) is 0. The third kappa shape index (κ3) is 3.32. The number of amides is 2. The molecule has 0 aromatic heterocycles. The van der Waals surface area contributed by atoms with E-state index in [9.17, 15) is 4.79 Å². The summed E-state index contributed by atoms with van der Waals surface area (Å²) in [6.07, 6.45) is 0. The molecule has 76 valence electrons. The highest BCUT2D eigenvalue weighted by molar-refractivity contribution is 5.88. The number of urea groups is 1. The molecule has 5 N–H and O–H groups in total. The summed E-state index contributed by atoms with van der Waals surface area (Å²) in [5.41, 5.74) is 12.0. The Balaban J connectivity index is 2.44. The molecule has 0 bridgehead atoms. The average Bonchev–Trinajstić information content (AvgIpc) is 2.18. The Bertz CT molecular complexity index is 296. The Kier molecular flexibility index (Phi) is 3.75. The summed E-state index contributed by atoms with van der Waals surface area (Å²) in [6.45, 7) is 2.57. The largest absolute Gasteiger partial charge is 0.399 e. The van der Waals surface area contributed by atoms with Gasteiger partial charge in [-0.2, -0.15) is 0 Å². The highest BCUT2D eigenvalue weighted by atomic mass is 16.2. The van der Waals surface area contributed by atoms with Crippen molar-refractivity contribution < 1.29 is 4.79 Å². The van der Waals surface area contributed by atoms with E-state index in [0.29, 0.717) is 17.9 Å². The van der Waals surface area contributed by atoms with E-state index in [1.54, 1.807) is 24.3 Å². The molecule has 0 atom stereocenters. The highest BCUT2D eigenvalue weighted by Gasteiger charge is 1.98. The number of rotatable bonds is 3. The van der Waals surface area contributed by atoms with Crippen LogP contribution < -0.4 is 21.9 Å². The number of nitrogen functional groups attached to an aromatic ring is 1. The number of nitrogens with one attached hydrogen (secondary N) is 3. The molecular formula is C9H14N4O. The first-order valence-electron chi connectivity index (χ1n) is 4.37. The maximum atomic E-state index is 11.1. The van der Waals surface area contributed by atoms with Gasteiger partial charge < -0.3 is 11.1 Å². The number of benzene rings is 1. The van der Waals surface area contributed by atoms with Crippen LogP contribution >= 0.6 is 0 Å². The lowest BCUT2D eigenvalue weighted by molar-refractivity contribution is 0.248. The highest BCUT2D eigenvalue weighted by Crippen LogP contribution is 2.09. The molecule has 5 heteroatoms. The van der Waals surface area contributed by atoms with Crippen molar-refractivity contribution in [3.8, 4) is 0 Å². The van der Waals surface area contributed by atoms with Gasteiger partial charge in [-0.15, -0.1) is 0 Å². The van der Waals surface area contributed by atoms with Gasteiger partial charge in [0.25, 0.3) is 0 Å². The smallest absolute Gasteiger partial charge is 0.333 e. The van der Waals surface area contributed by atoms with E-state index in [1.807, 2.05) is 6.92 Å². The van der Waals surface area contributed by atoms with Crippen LogP contribution in [-0.4, -0.2) is 12.6 Å². The summed E-state index contributed by atoms with van der Waals surface area (Å²) in [4.78, 5) is 11.1. The molecule has 0 unspecified atom stereocenters. The van der Waals surface area contributed by atoms with Crippen LogP contribution in [0.4, 0.5) is 16.2 Å². The molecule has 0 aliphatic rings. The third-order valence-corrected chi connectivity index (χ3v) is 1.55. The van der Waals surface area contributed by atoms with Crippen molar-refractivity contribution in [1.29, 1.82) is 0 Å². The molecule has 1 aromatic carbocycles. The summed E-state index contributed by atoms with van der Waals surface area (Å²) in [7, 11) is 0. The van der Waals surface area contributed by atoms with E-state index < -0.39 is 0 Å². The second kappa shape index (κ2) is 5.08. The van der Waals surface area contributed by atoms with Gasteiger partial charge in [0.05, 0.1) is 0 Å². The third-order valence-electron chi connectivity index (χ3n) is 1.55. The van der Waals surface area contributed by atoms with Gasteiger partial charge in [-0.1, -0.05) is 6.92 Å². The molecule has 0 aliphatic carbocycles. The van der Waals surface area contributed by atoms with E-state index in [-0.39, 0.29) is 6.03 Å². The zero-order chi connectivity index (χ0) is 10.4. The predicted octanol–water partition coefficient (Wildman–Crippen LogP) is 0.915. The molecule has 0 aliphatic heterocycles. The first-order chi connectivity index (χ1) is 6.72. The van der Waals surface area contributed by atoms with Crippen LogP contribution in [0.2, 0.25) is 0 Å². The van der Waals surface area contributed by atoms with Gasteiger partial charge in [-0.3, -0.25) is 5.43 Å². The van der Waals surface area contributed by atoms with Crippen LogP contribution in [0.1, 0.15) is 6.92 Å². The average molecular weight is 194 g/mol. The van der Waals surface area contributed by atoms with Gasteiger partial charge in [-0.05, 0) is 24.3 Å². The second-order valence-electron chi connectivity index (χ2n) is 2.73. The van der Waals surface area contributed by atoms with Crippen LogP contribution in [-0.2, 0) is 0 Å². The predicted molar refractivity (Wildman–Crippen MR) is 56.7 cm³/mol. The Morgan fingerprint density at radius 3 is 2.57 bits per heavy atom. The van der Waals surface area contributed by atoms with Gasteiger partial charge in [0.2, 0.25) is 0 Å². The number of carbonyl (C=O) groups excluding carboxylic acids is 1. The van der Waals surface area contributed by atoms with Gasteiger partial charge in [0.15, 0.2) is 0 Å². The van der Waals surface area contributed by atoms with Crippen molar-refractivity contribution >= 4 is 17.4 Å². The maximum Gasteiger partial charge on any atom is 0.333 e. The Morgan fingerprint density at radius 1 is 1.36 bits per heavy atom. The molecule has 5 nitrogen and oxygen atoms in total. The lowest BCUT2D eigenvalue weighted by atomic mass is 10.3. The van der Waals surface area contributed by atoms with Gasteiger partial charge in [-0.25, -0.2) is 10.2 Å².